The molecule has 0 saturated heterocycles. The summed E-state index contributed by atoms with van der Waals surface area (Å²) in [7, 11) is 0. The first-order valence-electron chi connectivity index (χ1n) is 6.98. The Morgan fingerprint density at radius 3 is 2.74 bits per heavy atom. The van der Waals surface area contributed by atoms with Gasteiger partial charge in [0.25, 0.3) is 5.69 Å². The van der Waals surface area contributed by atoms with E-state index in [4.69, 9.17) is 4.42 Å². The number of fused-ring (bicyclic) bond motifs is 1. The quantitative estimate of drug-likeness (QED) is 0.542. The molecule has 8 heteroatoms. The van der Waals surface area contributed by atoms with Crippen molar-refractivity contribution >= 4 is 28.1 Å². The van der Waals surface area contributed by atoms with Crippen LogP contribution < -0.4 is 5.76 Å². The number of nitro benzene ring substituents is 1. The maximum Gasteiger partial charge on any atom is 0.420 e. The summed E-state index contributed by atoms with van der Waals surface area (Å²) in [6.07, 6.45) is 0. The van der Waals surface area contributed by atoms with E-state index < -0.39 is 10.7 Å². The number of non-ortho nitro benzene ring substituents is 1. The fourth-order valence-corrected chi connectivity index (χ4v) is 3.10. The summed E-state index contributed by atoms with van der Waals surface area (Å²) in [5.41, 5.74) is 1.33. The van der Waals surface area contributed by atoms with Crippen LogP contribution in [-0.4, -0.2) is 14.5 Å². The van der Waals surface area contributed by atoms with Crippen LogP contribution in [0.15, 0.2) is 32.8 Å². The molecule has 23 heavy (non-hydrogen) atoms. The zero-order valence-electron chi connectivity index (χ0n) is 12.9. The second-order valence-corrected chi connectivity index (χ2v) is 7.12. The van der Waals surface area contributed by atoms with E-state index >= 15 is 0 Å². The summed E-state index contributed by atoms with van der Waals surface area (Å²) in [5, 5.41) is 13.7. The Kier molecular flexibility index (Phi) is 3.56. The molecule has 3 rings (SSSR count). The third-order valence-electron chi connectivity index (χ3n) is 3.38. The Bertz CT molecular complexity index is 946. The Balaban J connectivity index is 2.00. The first-order chi connectivity index (χ1) is 10.8. The summed E-state index contributed by atoms with van der Waals surface area (Å²) in [4.78, 5) is 26.9. The largest absolute Gasteiger partial charge is 0.420 e. The van der Waals surface area contributed by atoms with Crippen molar-refractivity contribution in [1.82, 2.24) is 9.55 Å². The van der Waals surface area contributed by atoms with Gasteiger partial charge in [-0.25, -0.2) is 9.78 Å². The number of hydrogen-bond donors (Lipinski definition) is 0. The normalized spacial score (nSPS) is 12.0. The lowest BCUT2D eigenvalue weighted by Crippen LogP contribution is -2.16. The molecule has 120 valence electrons. The van der Waals surface area contributed by atoms with Gasteiger partial charge in [-0.15, -0.1) is 11.3 Å². The molecule has 0 aliphatic heterocycles. The van der Waals surface area contributed by atoms with Crippen LogP contribution in [-0.2, 0) is 12.0 Å². The van der Waals surface area contributed by atoms with Gasteiger partial charge in [0.15, 0.2) is 5.58 Å². The lowest BCUT2D eigenvalue weighted by Gasteiger charge is -2.13. The summed E-state index contributed by atoms with van der Waals surface area (Å²) in [6.45, 7) is 6.51. The van der Waals surface area contributed by atoms with Crippen molar-refractivity contribution in [3.05, 3.63) is 54.9 Å². The van der Waals surface area contributed by atoms with Crippen LogP contribution >= 0.6 is 11.3 Å². The molecule has 0 N–H and O–H groups in total. The predicted molar refractivity (Wildman–Crippen MR) is 87.0 cm³/mol. The minimum atomic E-state index is -0.550. The fourth-order valence-electron chi connectivity index (χ4n) is 2.20. The van der Waals surface area contributed by atoms with Crippen molar-refractivity contribution in [2.24, 2.45) is 0 Å². The highest BCUT2D eigenvalue weighted by molar-refractivity contribution is 7.09. The zero-order chi connectivity index (χ0) is 16.8. The van der Waals surface area contributed by atoms with Gasteiger partial charge >= 0.3 is 5.76 Å². The molecular formula is C15H15N3O4S. The molecule has 0 spiro atoms. The second kappa shape index (κ2) is 5.31. The number of nitrogens with zero attached hydrogens (tertiary/aromatic N) is 3. The highest BCUT2D eigenvalue weighted by atomic mass is 32.1. The summed E-state index contributed by atoms with van der Waals surface area (Å²) in [6, 6.07) is 4.14. The monoisotopic (exact) mass is 333 g/mol. The molecular weight excluding hydrogens is 318 g/mol. The summed E-state index contributed by atoms with van der Waals surface area (Å²) >= 11 is 1.55. The van der Waals surface area contributed by atoms with Crippen LogP contribution in [0.4, 0.5) is 5.69 Å². The highest BCUT2D eigenvalue weighted by Gasteiger charge is 2.19. The van der Waals surface area contributed by atoms with Crippen molar-refractivity contribution in [3.63, 3.8) is 0 Å². The molecule has 7 nitrogen and oxygen atoms in total. The van der Waals surface area contributed by atoms with Crippen molar-refractivity contribution in [3.8, 4) is 0 Å². The SMILES string of the molecule is CC(C)(C)c1nc(Cn2c(=O)oc3cc([N+](=O)[O-])ccc32)cs1. The number of benzene rings is 1. The van der Waals surface area contributed by atoms with E-state index in [0.29, 0.717) is 5.52 Å². The van der Waals surface area contributed by atoms with Crippen LogP contribution in [0.3, 0.4) is 0 Å². The number of rotatable bonds is 3. The van der Waals surface area contributed by atoms with E-state index in [1.54, 1.807) is 11.3 Å². The average Bonchev–Trinajstić information content (AvgIpc) is 3.04. The Hall–Kier alpha value is -2.48. The van der Waals surface area contributed by atoms with Gasteiger partial charge in [0.2, 0.25) is 0 Å². The minimum Gasteiger partial charge on any atom is -0.407 e. The zero-order valence-corrected chi connectivity index (χ0v) is 13.7. The molecule has 0 atom stereocenters. The highest BCUT2D eigenvalue weighted by Crippen LogP contribution is 2.26. The van der Waals surface area contributed by atoms with Crippen molar-refractivity contribution in [2.45, 2.75) is 32.7 Å². The van der Waals surface area contributed by atoms with Gasteiger partial charge < -0.3 is 4.42 Å². The average molecular weight is 333 g/mol. The third-order valence-corrected chi connectivity index (χ3v) is 4.69. The Morgan fingerprint density at radius 2 is 2.13 bits per heavy atom. The molecule has 2 heterocycles. The number of nitro groups is 1. The van der Waals surface area contributed by atoms with Crippen LogP contribution in [0.25, 0.3) is 11.1 Å². The van der Waals surface area contributed by atoms with Gasteiger partial charge in [0.1, 0.15) is 0 Å². The molecule has 0 saturated carbocycles. The van der Waals surface area contributed by atoms with Crippen LogP contribution in [0.2, 0.25) is 0 Å². The third kappa shape index (κ3) is 2.89. The first kappa shape index (κ1) is 15.4. The number of oxazole rings is 1. The molecule has 0 bridgehead atoms. The van der Waals surface area contributed by atoms with E-state index in [9.17, 15) is 14.9 Å². The number of aromatic nitrogens is 2. The van der Waals surface area contributed by atoms with E-state index in [-0.39, 0.29) is 23.2 Å². The topological polar surface area (TPSA) is 91.2 Å². The van der Waals surface area contributed by atoms with Gasteiger partial charge in [-0.05, 0) is 6.07 Å². The van der Waals surface area contributed by atoms with E-state index in [2.05, 4.69) is 25.8 Å². The number of thiazole rings is 1. The molecule has 2 aromatic heterocycles. The smallest absolute Gasteiger partial charge is 0.407 e. The molecule has 0 radical (unpaired) electrons. The van der Waals surface area contributed by atoms with E-state index in [1.165, 1.54) is 22.8 Å². The van der Waals surface area contributed by atoms with E-state index in [1.807, 2.05) is 5.38 Å². The minimum absolute atomic E-state index is 0.0487. The lowest BCUT2D eigenvalue weighted by atomic mass is 9.98. The lowest BCUT2D eigenvalue weighted by molar-refractivity contribution is -0.384. The first-order valence-corrected chi connectivity index (χ1v) is 7.86. The van der Waals surface area contributed by atoms with Crippen LogP contribution in [0.1, 0.15) is 31.5 Å². The van der Waals surface area contributed by atoms with Crippen LogP contribution in [0.5, 0.6) is 0 Å². The molecule has 0 aliphatic carbocycles. The molecule has 0 unspecified atom stereocenters. The molecule has 0 amide bonds. The fraction of sp³-hybridized carbons (Fsp3) is 0.333. The summed E-state index contributed by atoms with van der Waals surface area (Å²) in [5.74, 6) is -0.550. The number of hydrogen-bond acceptors (Lipinski definition) is 6. The second-order valence-electron chi connectivity index (χ2n) is 6.26. The van der Waals surface area contributed by atoms with Gasteiger partial charge in [-0.1, -0.05) is 20.8 Å². The Morgan fingerprint density at radius 1 is 1.39 bits per heavy atom. The molecule has 0 fully saturated rings. The van der Waals surface area contributed by atoms with Crippen molar-refractivity contribution in [1.29, 1.82) is 0 Å². The van der Waals surface area contributed by atoms with Crippen LogP contribution in [0, 0.1) is 10.1 Å². The van der Waals surface area contributed by atoms with Gasteiger partial charge in [-0.3, -0.25) is 14.7 Å². The maximum absolute atomic E-state index is 12.0. The molecule has 1 aromatic carbocycles. The standard InChI is InChI=1S/C15H15N3O4S/c1-15(2,3)13-16-9(8-23-13)7-17-11-5-4-10(18(20)21)6-12(11)22-14(17)19/h4-6,8H,7H2,1-3H3. The van der Waals surface area contributed by atoms with Crippen molar-refractivity contribution < 1.29 is 9.34 Å². The van der Waals surface area contributed by atoms with Gasteiger partial charge in [0.05, 0.1) is 33.8 Å². The Labute approximate surface area is 135 Å². The summed E-state index contributed by atoms with van der Waals surface area (Å²) < 4.78 is 6.55. The van der Waals surface area contributed by atoms with E-state index in [0.717, 1.165) is 10.7 Å². The van der Waals surface area contributed by atoms with Crippen molar-refractivity contribution in [2.75, 3.05) is 0 Å². The van der Waals surface area contributed by atoms with Gasteiger partial charge in [0, 0.05) is 16.9 Å². The van der Waals surface area contributed by atoms with Gasteiger partial charge in [-0.2, -0.15) is 0 Å². The maximum atomic E-state index is 12.0. The molecule has 3 aromatic rings. The molecule has 0 aliphatic rings. The predicted octanol–water partition coefficient (Wildman–Crippen LogP) is 3.31.